The Bertz CT molecular complexity index is 355. The number of nitrogens with zero attached hydrogens (tertiary/aromatic N) is 1. The van der Waals surface area contributed by atoms with Crippen LogP contribution in [0.15, 0.2) is 18.2 Å². The van der Waals surface area contributed by atoms with Crippen LogP contribution in [0, 0.1) is 11.3 Å². The molecule has 0 atom stereocenters. The average molecular weight is 205 g/mol. The third-order valence-corrected chi connectivity index (χ3v) is 2.06. The molecule has 1 aromatic rings. The topological polar surface area (TPSA) is 42.2 Å². The molecule has 0 heterocycles. The number of unbranched alkanes of at least 4 members (excludes halogenated alkanes) is 1. The molecule has 0 N–H and O–H groups in total. The van der Waals surface area contributed by atoms with Crippen LogP contribution in [0.5, 0.6) is 11.5 Å². The van der Waals surface area contributed by atoms with E-state index < -0.39 is 0 Å². The van der Waals surface area contributed by atoms with Crippen LogP contribution in [-0.4, -0.2) is 13.7 Å². The molecule has 0 bridgehead atoms. The van der Waals surface area contributed by atoms with E-state index in [-0.39, 0.29) is 0 Å². The van der Waals surface area contributed by atoms with Crippen LogP contribution in [0.2, 0.25) is 0 Å². The molecular formula is C12H15NO2. The van der Waals surface area contributed by atoms with Crippen molar-refractivity contribution in [1.29, 1.82) is 5.26 Å². The number of hydrogen-bond acceptors (Lipinski definition) is 3. The maximum absolute atomic E-state index is 8.87. The lowest BCUT2D eigenvalue weighted by Gasteiger charge is -2.08. The molecule has 3 heteroatoms. The first-order chi connectivity index (χ1) is 7.31. The minimum atomic E-state index is 0.548. The van der Waals surface area contributed by atoms with Gasteiger partial charge in [-0.05, 0) is 18.6 Å². The third-order valence-electron chi connectivity index (χ3n) is 2.06. The second-order valence-electron chi connectivity index (χ2n) is 3.18. The summed E-state index contributed by atoms with van der Waals surface area (Å²) in [5.41, 5.74) is 0.548. The minimum absolute atomic E-state index is 0.548. The molecule has 0 aliphatic heterocycles. The summed E-state index contributed by atoms with van der Waals surface area (Å²) in [7, 11) is 1.59. The summed E-state index contributed by atoms with van der Waals surface area (Å²) in [5, 5.41) is 8.87. The minimum Gasteiger partial charge on any atom is -0.497 e. The van der Waals surface area contributed by atoms with Crippen LogP contribution < -0.4 is 9.47 Å². The molecule has 80 valence electrons. The van der Waals surface area contributed by atoms with Crippen molar-refractivity contribution in [2.75, 3.05) is 13.7 Å². The van der Waals surface area contributed by atoms with Crippen LogP contribution in [0.1, 0.15) is 25.3 Å². The number of methoxy groups -OCH3 is 1. The normalized spacial score (nSPS) is 9.40. The van der Waals surface area contributed by atoms with Gasteiger partial charge in [0.2, 0.25) is 0 Å². The SMILES string of the molecule is CCCCOc1cc(OC)ccc1C#N. The van der Waals surface area contributed by atoms with Crippen molar-refractivity contribution in [3.63, 3.8) is 0 Å². The average Bonchev–Trinajstić information content (AvgIpc) is 2.29. The fraction of sp³-hybridized carbons (Fsp3) is 0.417. The Morgan fingerprint density at radius 2 is 2.20 bits per heavy atom. The molecule has 0 radical (unpaired) electrons. The molecule has 0 unspecified atom stereocenters. The Hall–Kier alpha value is -1.69. The summed E-state index contributed by atoms with van der Waals surface area (Å²) in [6.45, 7) is 2.73. The van der Waals surface area contributed by atoms with E-state index in [1.54, 1.807) is 25.3 Å². The summed E-state index contributed by atoms with van der Waals surface area (Å²) in [4.78, 5) is 0. The fourth-order valence-electron chi connectivity index (χ4n) is 1.17. The van der Waals surface area contributed by atoms with Crippen LogP contribution in [0.3, 0.4) is 0 Å². The Balaban J connectivity index is 2.78. The van der Waals surface area contributed by atoms with Gasteiger partial charge in [0.05, 0.1) is 19.3 Å². The second kappa shape index (κ2) is 5.92. The lowest BCUT2D eigenvalue weighted by Crippen LogP contribution is -1.98. The number of benzene rings is 1. The van der Waals surface area contributed by atoms with Crippen LogP contribution in [0.4, 0.5) is 0 Å². The van der Waals surface area contributed by atoms with Gasteiger partial charge in [0.1, 0.15) is 17.6 Å². The zero-order valence-electron chi connectivity index (χ0n) is 9.12. The molecule has 0 aromatic heterocycles. The Kier molecular flexibility index (Phi) is 4.49. The van der Waals surface area contributed by atoms with Crippen molar-refractivity contribution in [2.45, 2.75) is 19.8 Å². The van der Waals surface area contributed by atoms with E-state index >= 15 is 0 Å². The van der Waals surface area contributed by atoms with Gasteiger partial charge in [-0.2, -0.15) is 5.26 Å². The predicted molar refractivity (Wildman–Crippen MR) is 58.1 cm³/mol. The molecule has 0 aliphatic carbocycles. The quantitative estimate of drug-likeness (QED) is 0.694. The highest BCUT2D eigenvalue weighted by Crippen LogP contribution is 2.24. The number of rotatable bonds is 5. The van der Waals surface area contributed by atoms with E-state index in [0.29, 0.717) is 23.7 Å². The van der Waals surface area contributed by atoms with E-state index in [0.717, 1.165) is 12.8 Å². The van der Waals surface area contributed by atoms with Gasteiger partial charge in [-0.25, -0.2) is 0 Å². The fourth-order valence-corrected chi connectivity index (χ4v) is 1.17. The second-order valence-corrected chi connectivity index (χ2v) is 3.18. The highest BCUT2D eigenvalue weighted by atomic mass is 16.5. The first-order valence-corrected chi connectivity index (χ1v) is 5.02. The summed E-state index contributed by atoms with van der Waals surface area (Å²) >= 11 is 0. The van der Waals surface area contributed by atoms with Crippen molar-refractivity contribution in [3.8, 4) is 17.6 Å². The third kappa shape index (κ3) is 3.17. The monoisotopic (exact) mass is 205 g/mol. The molecule has 0 saturated heterocycles. The lowest BCUT2D eigenvalue weighted by atomic mass is 10.2. The summed E-state index contributed by atoms with van der Waals surface area (Å²) in [6, 6.07) is 7.30. The van der Waals surface area contributed by atoms with E-state index in [4.69, 9.17) is 14.7 Å². The van der Waals surface area contributed by atoms with Crippen molar-refractivity contribution in [1.82, 2.24) is 0 Å². The lowest BCUT2D eigenvalue weighted by molar-refractivity contribution is 0.306. The number of nitriles is 1. The molecule has 0 amide bonds. The molecular weight excluding hydrogens is 190 g/mol. The standard InChI is InChI=1S/C12H15NO2/c1-3-4-7-15-12-8-11(14-2)6-5-10(12)9-13/h5-6,8H,3-4,7H2,1-2H3. The van der Waals surface area contributed by atoms with Crippen LogP contribution in [-0.2, 0) is 0 Å². The Labute approximate surface area is 90.2 Å². The summed E-state index contributed by atoms with van der Waals surface area (Å²) in [5.74, 6) is 1.31. The van der Waals surface area contributed by atoms with Gasteiger partial charge in [-0.3, -0.25) is 0 Å². The van der Waals surface area contributed by atoms with Gasteiger partial charge in [0.15, 0.2) is 0 Å². The number of hydrogen-bond donors (Lipinski definition) is 0. The molecule has 1 rings (SSSR count). The van der Waals surface area contributed by atoms with Crippen molar-refractivity contribution in [3.05, 3.63) is 23.8 Å². The Morgan fingerprint density at radius 1 is 1.40 bits per heavy atom. The van der Waals surface area contributed by atoms with Gasteiger partial charge in [0, 0.05) is 6.07 Å². The predicted octanol–water partition coefficient (Wildman–Crippen LogP) is 2.75. The smallest absolute Gasteiger partial charge is 0.140 e. The largest absolute Gasteiger partial charge is 0.497 e. The van der Waals surface area contributed by atoms with Crippen molar-refractivity contribution in [2.24, 2.45) is 0 Å². The maximum atomic E-state index is 8.87. The molecule has 1 aromatic carbocycles. The zero-order chi connectivity index (χ0) is 11.1. The van der Waals surface area contributed by atoms with Crippen molar-refractivity contribution >= 4 is 0 Å². The van der Waals surface area contributed by atoms with Gasteiger partial charge >= 0.3 is 0 Å². The molecule has 0 aliphatic rings. The molecule has 0 spiro atoms. The molecule has 0 fully saturated rings. The highest BCUT2D eigenvalue weighted by molar-refractivity contribution is 5.47. The summed E-state index contributed by atoms with van der Waals surface area (Å²) < 4.78 is 10.6. The zero-order valence-corrected chi connectivity index (χ0v) is 9.12. The first-order valence-electron chi connectivity index (χ1n) is 5.02. The molecule has 3 nitrogen and oxygen atoms in total. The van der Waals surface area contributed by atoms with Crippen LogP contribution in [0.25, 0.3) is 0 Å². The molecule has 0 saturated carbocycles. The van der Waals surface area contributed by atoms with Crippen LogP contribution >= 0.6 is 0 Å². The van der Waals surface area contributed by atoms with Gasteiger partial charge < -0.3 is 9.47 Å². The van der Waals surface area contributed by atoms with E-state index in [1.165, 1.54) is 0 Å². The Morgan fingerprint density at radius 3 is 2.80 bits per heavy atom. The highest BCUT2D eigenvalue weighted by Gasteiger charge is 2.04. The van der Waals surface area contributed by atoms with E-state index in [1.807, 2.05) is 0 Å². The maximum Gasteiger partial charge on any atom is 0.140 e. The number of ether oxygens (including phenoxy) is 2. The van der Waals surface area contributed by atoms with Gasteiger partial charge in [-0.15, -0.1) is 0 Å². The van der Waals surface area contributed by atoms with E-state index in [2.05, 4.69) is 13.0 Å². The van der Waals surface area contributed by atoms with Gasteiger partial charge in [-0.1, -0.05) is 13.3 Å². The summed E-state index contributed by atoms with van der Waals surface area (Å²) in [6.07, 6.45) is 2.06. The van der Waals surface area contributed by atoms with Gasteiger partial charge in [0.25, 0.3) is 0 Å². The van der Waals surface area contributed by atoms with Crippen molar-refractivity contribution < 1.29 is 9.47 Å². The van der Waals surface area contributed by atoms with E-state index in [9.17, 15) is 0 Å². The first kappa shape index (κ1) is 11.4. The molecule has 15 heavy (non-hydrogen) atoms.